The number of benzene rings is 2. The number of hydrogen-bond acceptors (Lipinski definition) is 3. The predicted octanol–water partition coefficient (Wildman–Crippen LogP) is 4.94. The van der Waals surface area contributed by atoms with E-state index in [9.17, 15) is 0 Å². The predicted molar refractivity (Wildman–Crippen MR) is 107 cm³/mol. The second-order valence-electron chi connectivity index (χ2n) is 8.03. The van der Waals surface area contributed by atoms with E-state index in [2.05, 4.69) is 72.4 Å². The van der Waals surface area contributed by atoms with E-state index >= 15 is 0 Å². The molecule has 0 amide bonds. The molecule has 0 aromatic heterocycles. The summed E-state index contributed by atoms with van der Waals surface area (Å²) in [5.74, 6) is 2.85. The Morgan fingerprint density at radius 3 is 2.31 bits per heavy atom. The molecule has 4 rings (SSSR count). The smallest absolute Gasteiger partial charge is 0.132 e. The fraction of sp³-hybridized carbons (Fsp3) is 0.478. The molecule has 0 aliphatic carbocycles. The first kappa shape index (κ1) is 17.6. The number of para-hydroxylation sites is 2. The number of ether oxygens (including phenoxy) is 1. The molecule has 1 saturated heterocycles. The summed E-state index contributed by atoms with van der Waals surface area (Å²) in [4.78, 5) is 5.00. The van der Waals surface area contributed by atoms with Gasteiger partial charge in [-0.1, -0.05) is 36.4 Å². The first-order chi connectivity index (χ1) is 12.7. The maximum atomic E-state index is 6.18. The van der Waals surface area contributed by atoms with Gasteiger partial charge in [-0.25, -0.2) is 0 Å². The van der Waals surface area contributed by atoms with Gasteiger partial charge in [0.25, 0.3) is 0 Å². The molecule has 2 aliphatic rings. The van der Waals surface area contributed by atoms with Crippen LogP contribution in [0.25, 0.3) is 0 Å². The van der Waals surface area contributed by atoms with Gasteiger partial charge in [-0.2, -0.15) is 0 Å². The number of rotatable bonds is 5. The van der Waals surface area contributed by atoms with E-state index in [1.54, 1.807) is 0 Å². The van der Waals surface area contributed by atoms with Gasteiger partial charge < -0.3 is 9.64 Å². The van der Waals surface area contributed by atoms with Crippen LogP contribution in [0.3, 0.4) is 0 Å². The molecule has 0 spiro atoms. The third-order valence-corrected chi connectivity index (χ3v) is 5.78. The van der Waals surface area contributed by atoms with Crippen LogP contribution in [0.5, 0.6) is 11.5 Å². The molecule has 3 heteroatoms. The van der Waals surface area contributed by atoms with E-state index in [1.807, 2.05) is 0 Å². The highest BCUT2D eigenvalue weighted by molar-refractivity contribution is 5.53. The van der Waals surface area contributed by atoms with E-state index in [-0.39, 0.29) is 0 Å². The Kier molecular flexibility index (Phi) is 5.28. The number of hydrogen-bond donors (Lipinski definition) is 0. The topological polar surface area (TPSA) is 15.7 Å². The van der Waals surface area contributed by atoms with E-state index in [0.717, 1.165) is 17.4 Å². The molecule has 1 fully saturated rings. The fourth-order valence-corrected chi connectivity index (χ4v) is 4.54. The van der Waals surface area contributed by atoms with Crippen molar-refractivity contribution in [3.8, 4) is 11.5 Å². The van der Waals surface area contributed by atoms with E-state index in [0.29, 0.717) is 6.04 Å². The van der Waals surface area contributed by atoms with Gasteiger partial charge in [0.1, 0.15) is 11.5 Å². The van der Waals surface area contributed by atoms with Crippen LogP contribution in [0.2, 0.25) is 0 Å². The molecule has 3 nitrogen and oxygen atoms in total. The Bertz CT molecular complexity index is 697. The zero-order valence-corrected chi connectivity index (χ0v) is 16.0. The van der Waals surface area contributed by atoms with Gasteiger partial charge in [-0.05, 0) is 70.9 Å². The molecule has 26 heavy (non-hydrogen) atoms. The number of fused-ring (bicyclic) bond motifs is 2. The summed E-state index contributed by atoms with van der Waals surface area (Å²) < 4.78 is 6.18. The Morgan fingerprint density at radius 2 is 1.65 bits per heavy atom. The second kappa shape index (κ2) is 7.81. The van der Waals surface area contributed by atoms with Crippen molar-refractivity contribution in [1.82, 2.24) is 9.80 Å². The summed E-state index contributed by atoms with van der Waals surface area (Å²) in [6.07, 6.45) is 5.30. The zero-order chi connectivity index (χ0) is 17.9. The molecule has 2 aromatic rings. The SMILES string of the molecule is CN(C)CCCC1CCCN(C2c3ccccc3Oc3ccccc32)C1. The van der Waals surface area contributed by atoms with Crippen LogP contribution in [0.15, 0.2) is 48.5 Å². The lowest BCUT2D eigenvalue weighted by Crippen LogP contribution is -2.39. The lowest BCUT2D eigenvalue weighted by Gasteiger charge is -2.41. The molecule has 0 bridgehead atoms. The maximum absolute atomic E-state index is 6.18. The van der Waals surface area contributed by atoms with E-state index < -0.39 is 0 Å². The van der Waals surface area contributed by atoms with Gasteiger partial charge >= 0.3 is 0 Å². The highest BCUT2D eigenvalue weighted by Gasteiger charge is 2.34. The summed E-state index contributed by atoms with van der Waals surface area (Å²) in [5, 5.41) is 0. The summed E-state index contributed by atoms with van der Waals surface area (Å²) in [6.45, 7) is 3.57. The average Bonchev–Trinajstić information content (AvgIpc) is 2.66. The fourth-order valence-electron chi connectivity index (χ4n) is 4.54. The highest BCUT2D eigenvalue weighted by Crippen LogP contribution is 2.46. The van der Waals surface area contributed by atoms with Crippen LogP contribution < -0.4 is 4.74 Å². The van der Waals surface area contributed by atoms with Gasteiger partial charge in [0.2, 0.25) is 0 Å². The van der Waals surface area contributed by atoms with Crippen LogP contribution in [0.4, 0.5) is 0 Å². The molecule has 1 atom stereocenters. The zero-order valence-electron chi connectivity index (χ0n) is 16.0. The Balaban J connectivity index is 1.57. The summed E-state index contributed by atoms with van der Waals surface area (Å²) in [6, 6.07) is 17.5. The normalized spacial score (nSPS) is 20.5. The molecule has 138 valence electrons. The molecule has 2 aromatic carbocycles. The highest BCUT2D eigenvalue weighted by atomic mass is 16.5. The largest absolute Gasteiger partial charge is 0.457 e. The van der Waals surface area contributed by atoms with Gasteiger partial charge in [-0.3, -0.25) is 4.90 Å². The Labute approximate surface area is 157 Å². The van der Waals surface area contributed by atoms with Crippen LogP contribution in [0, 0.1) is 5.92 Å². The lowest BCUT2D eigenvalue weighted by atomic mass is 9.88. The van der Waals surface area contributed by atoms with Gasteiger partial charge in [0.05, 0.1) is 6.04 Å². The van der Waals surface area contributed by atoms with E-state index in [1.165, 1.54) is 56.4 Å². The van der Waals surface area contributed by atoms with E-state index in [4.69, 9.17) is 4.74 Å². The Hall–Kier alpha value is -1.84. The van der Waals surface area contributed by atoms with Crippen molar-refractivity contribution in [2.24, 2.45) is 5.92 Å². The number of piperidine rings is 1. The van der Waals surface area contributed by atoms with Crippen molar-refractivity contribution in [2.45, 2.75) is 31.7 Å². The van der Waals surface area contributed by atoms with Gasteiger partial charge in [0.15, 0.2) is 0 Å². The quantitative estimate of drug-likeness (QED) is 0.760. The molecule has 1 unspecified atom stereocenters. The molecule has 2 aliphatic heterocycles. The van der Waals surface area contributed by atoms with Crippen molar-refractivity contribution < 1.29 is 4.74 Å². The monoisotopic (exact) mass is 350 g/mol. The lowest BCUT2D eigenvalue weighted by molar-refractivity contribution is 0.128. The second-order valence-corrected chi connectivity index (χ2v) is 8.03. The van der Waals surface area contributed by atoms with Gasteiger partial charge in [0, 0.05) is 17.7 Å². The van der Waals surface area contributed by atoms with Crippen LogP contribution in [0.1, 0.15) is 42.9 Å². The number of nitrogens with zero attached hydrogens (tertiary/aromatic N) is 2. The minimum absolute atomic E-state index is 0.327. The first-order valence-electron chi connectivity index (χ1n) is 9.97. The third-order valence-electron chi connectivity index (χ3n) is 5.78. The minimum Gasteiger partial charge on any atom is -0.457 e. The molecule has 0 N–H and O–H groups in total. The summed E-state index contributed by atoms with van der Waals surface area (Å²) in [7, 11) is 4.34. The van der Waals surface area contributed by atoms with Crippen molar-refractivity contribution in [3.05, 3.63) is 59.7 Å². The van der Waals surface area contributed by atoms with Crippen LogP contribution in [-0.4, -0.2) is 43.5 Å². The van der Waals surface area contributed by atoms with Crippen molar-refractivity contribution in [2.75, 3.05) is 33.7 Å². The Morgan fingerprint density at radius 1 is 1.00 bits per heavy atom. The average molecular weight is 351 g/mol. The third kappa shape index (κ3) is 3.65. The maximum Gasteiger partial charge on any atom is 0.132 e. The summed E-state index contributed by atoms with van der Waals surface area (Å²) >= 11 is 0. The van der Waals surface area contributed by atoms with Crippen LogP contribution >= 0.6 is 0 Å². The summed E-state index contributed by atoms with van der Waals surface area (Å²) in [5.41, 5.74) is 2.64. The molecular weight excluding hydrogens is 320 g/mol. The molecule has 0 saturated carbocycles. The van der Waals surface area contributed by atoms with Crippen LogP contribution in [-0.2, 0) is 0 Å². The van der Waals surface area contributed by atoms with Gasteiger partial charge in [-0.15, -0.1) is 0 Å². The minimum atomic E-state index is 0.327. The molecular formula is C23H30N2O. The standard InChI is InChI=1S/C23H30N2O/c1-24(2)15-7-9-18-10-8-16-25(17-18)23-19-11-3-5-13-21(19)26-22-14-6-4-12-20(22)23/h3-6,11-14,18,23H,7-10,15-17H2,1-2H3. The first-order valence-corrected chi connectivity index (χ1v) is 9.97. The molecule has 0 radical (unpaired) electrons. The number of likely N-dealkylation sites (tertiary alicyclic amines) is 1. The van der Waals surface area contributed by atoms with Crippen molar-refractivity contribution >= 4 is 0 Å². The van der Waals surface area contributed by atoms with Crippen molar-refractivity contribution in [3.63, 3.8) is 0 Å². The molecule has 2 heterocycles. The van der Waals surface area contributed by atoms with Crippen molar-refractivity contribution in [1.29, 1.82) is 0 Å².